The van der Waals surface area contributed by atoms with E-state index in [-0.39, 0.29) is 6.42 Å². The molecule has 1 N–H and O–H groups in total. The van der Waals surface area contributed by atoms with Gasteiger partial charge in [0, 0.05) is 17.0 Å². The second kappa shape index (κ2) is 9.55. The highest BCUT2D eigenvalue weighted by Crippen LogP contribution is 2.30. The van der Waals surface area contributed by atoms with E-state index in [0.29, 0.717) is 23.1 Å². The smallest absolute Gasteiger partial charge is 0.310 e. The van der Waals surface area contributed by atoms with Crippen molar-refractivity contribution in [1.82, 2.24) is 0 Å². The number of nitrogens with one attached hydrogen (secondary N) is 1. The summed E-state index contributed by atoms with van der Waals surface area (Å²) in [7, 11) is 3.03. The Balaban J connectivity index is 1.63. The maximum atomic E-state index is 12.3. The topological polar surface area (TPSA) is 87.0 Å². The highest BCUT2D eigenvalue weighted by molar-refractivity contribution is 5.95. The van der Waals surface area contributed by atoms with E-state index in [1.807, 2.05) is 13.0 Å². The van der Waals surface area contributed by atoms with Crippen LogP contribution in [0, 0.1) is 6.92 Å². The van der Waals surface area contributed by atoms with Gasteiger partial charge in [0.2, 0.25) is 0 Å². The number of hydrogen-bond donors (Lipinski definition) is 1. The van der Waals surface area contributed by atoms with Gasteiger partial charge in [-0.15, -0.1) is 0 Å². The summed E-state index contributed by atoms with van der Waals surface area (Å²) < 4.78 is 21.2. The Morgan fingerprint density at radius 1 is 1.10 bits per heavy atom. The number of rotatable bonds is 8. The Morgan fingerprint density at radius 3 is 2.55 bits per heavy atom. The third kappa shape index (κ3) is 5.17. The number of ether oxygens (including phenoxy) is 3. The molecule has 3 rings (SSSR count). The molecule has 1 aromatic heterocycles. The number of fused-ring (bicyclic) bond motifs is 1. The molecule has 1 amide bonds. The van der Waals surface area contributed by atoms with E-state index in [0.717, 1.165) is 22.1 Å². The lowest BCUT2D eigenvalue weighted by Gasteiger charge is -2.12. The van der Waals surface area contributed by atoms with Crippen LogP contribution in [0.1, 0.15) is 36.5 Å². The average molecular weight is 425 g/mol. The molecule has 7 nitrogen and oxygen atoms in total. The number of esters is 1. The van der Waals surface area contributed by atoms with Gasteiger partial charge in [0.15, 0.2) is 6.61 Å². The van der Waals surface area contributed by atoms with Crippen LogP contribution in [0.5, 0.6) is 11.5 Å². The molecule has 0 aliphatic carbocycles. The predicted octanol–water partition coefficient (Wildman–Crippen LogP) is 4.61. The Kier molecular flexibility index (Phi) is 6.84. The normalized spacial score (nSPS) is 10.9. The number of aryl methyl sites for hydroxylation is 1. The lowest BCUT2D eigenvalue weighted by molar-refractivity contribution is -0.146. The molecular weight excluding hydrogens is 398 g/mol. The van der Waals surface area contributed by atoms with Gasteiger partial charge >= 0.3 is 5.97 Å². The molecule has 0 unspecified atom stereocenters. The average Bonchev–Trinajstić information content (AvgIpc) is 3.12. The minimum atomic E-state index is -0.512. The van der Waals surface area contributed by atoms with Gasteiger partial charge in [-0.25, -0.2) is 0 Å². The van der Waals surface area contributed by atoms with Crippen LogP contribution in [-0.4, -0.2) is 32.7 Å². The summed E-state index contributed by atoms with van der Waals surface area (Å²) >= 11 is 0. The molecule has 3 aromatic rings. The van der Waals surface area contributed by atoms with Crippen molar-refractivity contribution in [3.05, 3.63) is 53.3 Å². The first-order valence-corrected chi connectivity index (χ1v) is 10.0. The summed E-state index contributed by atoms with van der Waals surface area (Å²) in [5, 5.41) is 3.55. The second-order valence-corrected chi connectivity index (χ2v) is 7.57. The number of furan rings is 1. The van der Waals surface area contributed by atoms with E-state index in [2.05, 4.69) is 25.2 Å². The van der Waals surface area contributed by atoms with E-state index >= 15 is 0 Å². The van der Waals surface area contributed by atoms with Gasteiger partial charge in [0.05, 0.1) is 32.6 Å². The molecule has 7 heteroatoms. The number of methoxy groups -OCH3 is 2. The number of carbonyl (C=O) groups excluding carboxylic acids is 2. The van der Waals surface area contributed by atoms with Crippen molar-refractivity contribution in [1.29, 1.82) is 0 Å². The van der Waals surface area contributed by atoms with Crippen molar-refractivity contribution >= 4 is 28.5 Å². The Morgan fingerprint density at radius 2 is 1.87 bits per heavy atom. The van der Waals surface area contributed by atoms with Crippen LogP contribution >= 0.6 is 0 Å². The van der Waals surface area contributed by atoms with E-state index in [4.69, 9.17) is 18.6 Å². The molecule has 0 radical (unpaired) electrons. The molecule has 0 saturated heterocycles. The zero-order chi connectivity index (χ0) is 22.5. The van der Waals surface area contributed by atoms with Crippen LogP contribution in [-0.2, 0) is 20.7 Å². The first-order chi connectivity index (χ1) is 14.8. The fourth-order valence-electron chi connectivity index (χ4n) is 3.45. The number of anilines is 1. The van der Waals surface area contributed by atoms with Gasteiger partial charge in [0.1, 0.15) is 17.1 Å². The highest BCUT2D eigenvalue weighted by atomic mass is 16.5. The SMILES string of the molecule is COc1ccc(OC)c(NC(=O)COC(=O)Cc2coc3cc(C)c(C(C)C)cc23)c1. The molecule has 0 bridgehead atoms. The van der Waals surface area contributed by atoms with Crippen molar-refractivity contribution in [3.63, 3.8) is 0 Å². The summed E-state index contributed by atoms with van der Waals surface area (Å²) in [6.45, 7) is 5.88. The predicted molar refractivity (Wildman–Crippen MR) is 118 cm³/mol. The van der Waals surface area contributed by atoms with Crippen LogP contribution < -0.4 is 14.8 Å². The van der Waals surface area contributed by atoms with Gasteiger partial charge in [-0.05, 0) is 48.2 Å². The van der Waals surface area contributed by atoms with E-state index < -0.39 is 18.5 Å². The number of hydrogen-bond acceptors (Lipinski definition) is 6. The van der Waals surface area contributed by atoms with Crippen molar-refractivity contribution in [2.75, 3.05) is 26.1 Å². The molecule has 2 aromatic carbocycles. The molecule has 0 aliphatic heterocycles. The standard InChI is InChI=1S/C24H27NO6/c1-14(2)18-11-19-16(12-30-22(19)8-15(18)3)9-24(27)31-13-23(26)25-20-10-17(28-4)6-7-21(20)29-5/h6-8,10-12,14H,9,13H2,1-5H3,(H,25,26). The zero-order valence-corrected chi connectivity index (χ0v) is 18.4. The summed E-state index contributed by atoms with van der Waals surface area (Å²) in [6.07, 6.45) is 1.58. The number of benzene rings is 2. The van der Waals surface area contributed by atoms with Crippen molar-refractivity contribution < 1.29 is 28.2 Å². The monoisotopic (exact) mass is 425 g/mol. The minimum absolute atomic E-state index is 0.0172. The first kappa shape index (κ1) is 22.2. The largest absolute Gasteiger partial charge is 0.497 e. The number of amides is 1. The molecule has 1 heterocycles. The lowest BCUT2D eigenvalue weighted by Crippen LogP contribution is -2.22. The van der Waals surface area contributed by atoms with Crippen molar-refractivity contribution in [2.45, 2.75) is 33.1 Å². The van der Waals surface area contributed by atoms with E-state index in [1.54, 1.807) is 24.5 Å². The molecular formula is C24H27NO6. The lowest BCUT2D eigenvalue weighted by atomic mass is 9.95. The summed E-state index contributed by atoms with van der Waals surface area (Å²) in [5.41, 5.74) is 4.25. The van der Waals surface area contributed by atoms with Gasteiger partial charge in [-0.3, -0.25) is 9.59 Å². The summed E-state index contributed by atoms with van der Waals surface area (Å²) in [5.74, 6) is 0.408. The molecule has 0 saturated carbocycles. The van der Waals surface area contributed by atoms with Gasteiger partial charge in [-0.1, -0.05) is 13.8 Å². The van der Waals surface area contributed by atoms with Crippen LogP contribution in [0.3, 0.4) is 0 Å². The van der Waals surface area contributed by atoms with Crippen molar-refractivity contribution in [2.24, 2.45) is 0 Å². The molecule has 164 valence electrons. The Hall–Kier alpha value is -3.48. The highest BCUT2D eigenvalue weighted by Gasteiger charge is 2.16. The third-order valence-electron chi connectivity index (χ3n) is 5.04. The summed E-state index contributed by atoms with van der Waals surface area (Å²) in [6, 6.07) is 9.07. The van der Waals surface area contributed by atoms with Gasteiger partial charge < -0.3 is 23.9 Å². The maximum Gasteiger partial charge on any atom is 0.310 e. The summed E-state index contributed by atoms with van der Waals surface area (Å²) in [4.78, 5) is 24.6. The molecule has 0 fully saturated rings. The zero-order valence-electron chi connectivity index (χ0n) is 18.4. The van der Waals surface area contributed by atoms with Gasteiger partial charge in [-0.2, -0.15) is 0 Å². The van der Waals surface area contributed by atoms with Crippen LogP contribution in [0.4, 0.5) is 5.69 Å². The van der Waals surface area contributed by atoms with E-state index in [9.17, 15) is 9.59 Å². The van der Waals surface area contributed by atoms with Crippen molar-refractivity contribution in [3.8, 4) is 11.5 Å². The first-order valence-electron chi connectivity index (χ1n) is 10.0. The van der Waals surface area contributed by atoms with Gasteiger partial charge in [0.25, 0.3) is 5.91 Å². The molecule has 0 atom stereocenters. The van der Waals surface area contributed by atoms with Crippen LogP contribution in [0.2, 0.25) is 0 Å². The fraction of sp³-hybridized carbons (Fsp3) is 0.333. The maximum absolute atomic E-state index is 12.3. The molecule has 31 heavy (non-hydrogen) atoms. The second-order valence-electron chi connectivity index (χ2n) is 7.57. The quantitative estimate of drug-likeness (QED) is 0.531. The third-order valence-corrected chi connectivity index (χ3v) is 5.04. The Labute approximate surface area is 181 Å². The Bertz CT molecular complexity index is 1100. The molecule has 0 spiro atoms. The van der Waals surface area contributed by atoms with E-state index in [1.165, 1.54) is 19.8 Å². The number of carbonyl (C=O) groups is 2. The van der Waals surface area contributed by atoms with Crippen LogP contribution in [0.15, 0.2) is 41.0 Å². The molecule has 0 aliphatic rings. The fourth-order valence-corrected chi connectivity index (χ4v) is 3.45. The minimum Gasteiger partial charge on any atom is -0.497 e. The van der Waals surface area contributed by atoms with Crippen LogP contribution in [0.25, 0.3) is 11.0 Å².